The molecule has 656 valence electrons. The van der Waals surface area contributed by atoms with Crippen LogP contribution in [-0.4, -0.2) is 113 Å². The van der Waals surface area contributed by atoms with Gasteiger partial charge in [-0.25, -0.2) is 0 Å². The third-order valence-electron chi connectivity index (χ3n) is 16.6. The molecule has 0 unspecified atom stereocenters. The second-order valence-electron chi connectivity index (χ2n) is 26.3. The number of unbranched alkanes of at least 4 members (excludes halogenated alkanes) is 1. The van der Waals surface area contributed by atoms with E-state index in [1.807, 2.05) is 103 Å². The third-order valence-corrected chi connectivity index (χ3v) is 17.6. The standard InChI is InChI=1S/C21H20F3NO2.C19H25NO.C19H21NO.C11H11BrF3NO2.C11H9BrF3NO2.C10H10.C2H6O.CH2O3.2K.H/c22-21(23,24)20(27)25-14-13-19(26)18-12-6-11-17(15-18)10-5-4-9-16-7-2-1-3-8-16;2*20-14-13-19(21)18-12-6-11-17(15-18)10-5-4-9-16-7-2-1-3-8-16;2*12-8-3-1-2-7(6-8)9(17)4-5-16-10(18)11(13,14)15;1-2-3-7-10-8-5-4-6-9-10;1-2-3;2-1-4-3;;;/h1-3,6-8,11-12,15,19,26H,4,9,13-14H2,(H,25,27);1-3,6-8,11-12,15,19,21H,4-5,9-10,13-14,20H2;1-3,6-8,11-12,15,19,21H,4,9,13-14,20H2;1-3,6,9,17H,4-5H2,(H,16,18);1-3,6H,4-5H2,(H,16,18);1,4-6,8-9H,3,7H2;3H,2H2,1H3;1,3H;;;/q;;;;;;;;2*+1;-1/p-1/t3*19-;9-;;;;;;;/m1111......./s1. The number of terminal acetylenes is 1. The molecule has 0 aliphatic rings. The third kappa shape index (κ3) is 55.9. The summed E-state index contributed by atoms with van der Waals surface area (Å²) in [6.07, 6.45) is -1.69. The molecule has 0 aliphatic carbocycles. The molecule has 0 saturated heterocycles. The van der Waals surface area contributed by atoms with E-state index in [2.05, 4.69) is 133 Å². The molecule has 9 aromatic carbocycles. The smallest absolute Gasteiger partial charge is 1.00 e. The van der Waals surface area contributed by atoms with Gasteiger partial charge in [0.1, 0.15) is 0 Å². The number of carbonyl (C=O) groups is 5. The molecule has 4 atom stereocenters. The summed E-state index contributed by atoms with van der Waals surface area (Å²) in [4.78, 5) is 54.6. The predicted molar refractivity (Wildman–Crippen MR) is 461 cm³/mol. The Morgan fingerprint density at radius 1 is 0.452 bits per heavy atom. The van der Waals surface area contributed by atoms with Gasteiger partial charge in [-0.05, 0) is 189 Å². The first-order valence-corrected chi connectivity index (χ1v) is 40.3. The zero-order valence-electron chi connectivity index (χ0n) is 70.3. The van der Waals surface area contributed by atoms with Crippen LogP contribution in [0, 0.1) is 36.0 Å². The first kappa shape index (κ1) is 116. The largest absolute Gasteiger partial charge is 1.00 e. The molecule has 0 bridgehead atoms. The van der Waals surface area contributed by atoms with Gasteiger partial charge in [-0.2, -0.15) is 39.5 Å². The van der Waals surface area contributed by atoms with E-state index in [4.69, 9.17) is 33.0 Å². The summed E-state index contributed by atoms with van der Waals surface area (Å²) in [6.45, 7) is 1.89. The summed E-state index contributed by atoms with van der Waals surface area (Å²) in [6, 6.07) is 77.4. The van der Waals surface area contributed by atoms with Crippen LogP contribution in [0.4, 0.5) is 39.5 Å². The molecule has 0 saturated carbocycles. The van der Waals surface area contributed by atoms with Crippen molar-refractivity contribution in [3.8, 4) is 36.0 Å². The van der Waals surface area contributed by atoms with Crippen molar-refractivity contribution in [3.63, 3.8) is 0 Å². The number of carbonyl (C=O) groups excluding carboxylic acids is 5. The Kier molecular flexibility index (Phi) is 65.4. The fourth-order valence-corrected chi connectivity index (χ4v) is 11.4. The van der Waals surface area contributed by atoms with Crippen LogP contribution >= 0.6 is 31.9 Å². The van der Waals surface area contributed by atoms with Crippen LogP contribution in [0.15, 0.2) is 252 Å². The Labute approximate surface area is 823 Å². The van der Waals surface area contributed by atoms with E-state index in [-0.39, 0.29) is 162 Å². The molecule has 12 N–H and O–H groups in total. The summed E-state index contributed by atoms with van der Waals surface area (Å²) >= 11 is 6.40. The zero-order valence-corrected chi connectivity index (χ0v) is 78.7. The molecule has 124 heavy (non-hydrogen) atoms. The normalized spacial score (nSPS) is 11.2. The fraction of sp³-hybridized carbons (Fsp3) is 0.309. The van der Waals surface area contributed by atoms with Crippen molar-refractivity contribution in [2.75, 3.05) is 39.3 Å². The number of ketones is 1. The maximum absolute atomic E-state index is 12.1. The van der Waals surface area contributed by atoms with E-state index in [9.17, 15) is 79.1 Å². The summed E-state index contributed by atoms with van der Waals surface area (Å²) in [5, 5.41) is 60.8. The Morgan fingerprint density at radius 2 is 0.758 bits per heavy atom. The number of hydrogen-bond donors (Lipinski definition) is 10. The van der Waals surface area contributed by atoms with Gasteiger partial charge in [0.15, 0.2) is 5.78 Å². The Morgan fingerprint density at radius 3 is 1.11 bits per heavy atom. The van der Waals surface area contributed by atoms with Gasteiger partial charge in [-0.15, -0.1) is 12.3 Å². The number of nitrogens with two attached hydrogens (primary N) is 2. The van der Waals surface area contributed by atoms with Crippen molar-refractivity contribution >= 4 is 61.8 Å². The van der Waals surface area contributed by atoms with Crippen molar-refractivity contribution in [2.45, 2.75) is 146 Å². The number of aliphatic hydroxyl groups excluding tert-OH is 5. The maximum Gasteiger partial charge on any atom is 1.00 e. The van der Waals surface area contributed by atoms with Gasteiger partial charge >= 0.3 is 139 Å². The maximum atomic E-state index is 12.1. The molecule has 0 heterocycles. The average Bonchev–Trinajstić information content (AvgIpc) is 0.876. The molecule has 0 radical (unpaired) electrons. The number of nitrogens with one attached hydrogen (secondary N) is 3. The van der Waals surface area contributed by atoms with Gasteiger partial charge in [0, 0.05) is 77.6 Å². The minimum Gasteiger partial charge on any atom is -1.00 e. The molecule has 17 nitrogen and oxygen atoms in total. The molecular weight excluding hydrogens is 1800 g/mol. The summed E-state index contributed by atoms with van der Waals surface area (Å²) < 4.78 is 109. The van der Waals surface area contributed by atoms with Gasteiger partial charge in [0.05, 0.1) is 24.4 Å². The number of aryl methyl sites for hydroxylation is 5. The molecule has 9 rings (SSSR count). The average molecular weight is 1900 g/mol. The molecule has 30 heteroatoms. The number of aliphatic hydroxyl groups is 5. The van der Waals surface area contributed by atoms with Crippen molar-refractivity contribution in [1.29, 1.82) is 0 Å². The first-order chi connectivity index (χ1) is 58.3. The SMILES string of the molecule is C#CCCc1ccccc1.CCO.NCC[C@@H](O)c1cccc(C#CCCc2ccccc2)c1.NCC[C@@H](O)c1cccc(CCCCc2ccccc2)c1.O=C(CCNC(=O)C(F)(F)F)c1cccc(Br)c1.O=C(NCC[C@@H](O)c1cccc(Br)c1)C(F)(F)F.O=C(NCC[C@@H](O)c1cccc(C#CCCc2ccccc2)c1)C(F)(F)F.O=CO[O-].[H-].[K+].[K+]. The topological polar surface area (TPSA) is 307 Å². The van der Waals surface area contributed by atoms with Crippen LogP contribution in [0.2, 0.25) is 0 Å². The Bertz CT molecular complexity index is 4630. The van der Waals surface area contributed by atoms with Crippen molar-refractivity contribution < 1.29 is 203 Å². The van der Waals surface area contributed by atoms with Crippen molar-refractivity contribution in [3.05, 3.63) is 318 Å². The molecule has 0 aliphatic heterocycles. The number of halogens is 11. The molecule has 9 aromatic rings. The van der Waals surface area contributed by atoms with Gasteiger partial charge < -0.3 is 64.5 Å². The predicted octanol–water partition coefficient (Wildman–Crippen LogP) is 10.5. The quantitative estimate of drug-likeness (QED) is 0.00293. The first-order valence-electron chi connectivity index (χ1n) is 38.7. The monoisotopic (exact) mass is 1900 g/mol. The number of alkyl halides is 9. The van der Waals surface area contributed by atoms with Gasteiger partial charge in [0.2, 0.25) is 0 Å². The van der Waals surface area contributed by atoms with E-state index in [0.717, 1.165) is 71.7 Å². The molecule has 0 aromatic heterocycles. The summed E-state index contributed by atoms with van der Waals surface area (Å²) in [5.41, 5.74) is 22.5. The van der Waals surface area contributed by atoms with Crippen molar-refractivity contribution in [1.82, 2.24) is 16.0 Å². The Balaban J connectivity index is 0. The van der Waals surface area contributed by atoms with Crippen LogP contribution in [0.25, 0.3) is 0 Å². The second-order valence-corrected chi connectivity index (χ2v) is 28.1. The molecule has 0 spiro atoms. The summed E-state index contributed by atoms with van der Waals surface area (Å²) in [7, 11) is 0. The number of Topliss-reactive ketones (excluding diaryl/α,β-unsaturated/α-hetero) is 1. The molecule has 0 fully saturated rings. The minimum absolute atomic E-state index is 0. The van der Waals surface area contributed by atoms with Gasteiger partial charge in [0.25, 0.3) is 6.47 Å². The number of hydrogen-bond acceptors (Lipinski definition) is 14. The van der Waals surface area contributed by atoms with E-state index in [0.29, 0.717) is 53.5 Å². The van der Waals surface area contributed by atoms with Crippen LogP contribution in [-0.2, 0) is 56.2 Å². The van der Waals surface area contributed by atoms with Crippen LogP contribution in [0.5, 0.6) is 0 Å². The Hall–Kier alpha value is -7.51. The second kappa shape index (κ2) is 69.6. The zero-order chi connectivity index (χ0) is 90.4. The van der Waals surface area contributed by atoms with E-state index >= 15 is 0 Å². The van der Waals surface area contributed by atoms with Crippen LogP contribution in [0.1, 0.15) is 169 Å². The van der Waals surface area contributed by atoms with E-state index in [1.165, 1.54) is 40.7 Å². The van der Waals surface area contributed by atoms with Gasteiger partial charge in [-0.1, -0.05) is 250 Å². The number of amides is 3. The van der Waals surface area contributed by atoms with Crippen molar-refractivity contribution in [2.24, 2.45) is 11.5 Å². The number of benzene rings is 9. The minimum atomic E-state index is -4.92. The van der Waals surface area contributed by atoms with Crippen LogP contribution < -0.4 is 135 Å². The number of rotatable bonds is 30. The van der Waals surface area contributed by atoms with E-state index in [1.54, 1.807) is 95.7 Å². The molecule has 3 amide bonds. The molecular formula is C94H104Br2F9K2N5O12. The van der Waals surface area contributed by atoms with E-state index < -0.39 is 60.7 Å². The fourth-order valence-electron chi connectivity index (χ4n) is 10.5. The van der Waals surface area contributed by atoms with Gasteiger partial charge in [-0.3, -0.25) is 24.0 Å². The summed E-state index contributed by atoms with van der Waals surface area (Å²) in [5.74, 6) is 8.70. The van der Waals surface area contributed by atoms with Crippen LogP contribution in [0.3, 0.4) is 0 Å².